The van der Waals surface area contributed by atoms with Crippen molar-refractivity contribution in [2.75, 3.05) is 5.73 Å². The molecule has 0 radical (unpaired) electrons. The molecule has 2 N–H and O–H groups in total. The maximum absolute atomic E-state index is 12.0. The maximum Gasteiger partial charge on any atom is 0.293 e. The summed E-state index contributed by atoms with van der Waals surface area (Å²) < 4.78 is 28.6. The number of rotatable bonds is 2. The predicted octanol–water partition coefficient (Wildman–Crippen LogP) is 1.40. The molecule has 0 spiro atoms. The lowest BCUT2D eigenvalue weighted by atomic mass is 10.2. The third-order valence-electron chi connectivity index (χ3n) is 2.11. The van der Waals surface area contributed by atoms with Gasteiger partial charge in [0.15, 0.2) is 0 Å². The lowest BCUT2D eigenvalue weighted by Gasteiger charge is -2.00. The summed E-state index contributed by atoms with van der Waals surface area (Å²) in [5.74, 6) is 0. The monoisotopic (exact) mass is 238 g/mol. The molecule has 1 heterocycles. The largest absolute Gasteiger partial charge is 0.431 e. The first kappa shape index (κ1) is 10.7. The lowest BCUT2D eigenvalue weighted by Crippen LogP contribution is -2.02. The number of sulfone groups is 1. The van der Waals surface area contributed by atoms with E-state index in [1.165, 1.54) is 12.1 Å². The zero-order valence-electron chi connectivity index (χ0n) is 8.54. The highest BCUT2D eigenvalue weighted by atomic mass is 32.2. The zero-order valence-corrected chi connectivity index (χ0v) is 9.36. The highest BCUT2D eigenvalue weighted by molar-refractivity contribution is 7.91. The van der Waals surface area contributed by atoms with Gasteiger partial charge in [0.25, 0.3) is 6.01 Å². The second kappa shape index (κ2) is 3.64. The van der Waals surface area contributed by atoms with E-state index in [2.05, 4.69) is 9.40 Å². The zero-order chi connectivity index (χ0) is 11.8. The van der Waals surface area contributed by atoms with Gasteiger partial charge in [-0.15, -0.1) is 0 Å². The van der Waals surface area contributed by atoms with Gasteiger partial charge in [-0.05, 0) is 19.1 Å². The highest BCUT2D eigenvalue weighted by Gasteiger charge is 2.21. The number of aromatic nitrogens is 1. The van der Waals surface area contributed by atoms with Crippen LogP contribution in [-0.2, 0) is 9.84 Å². The fourth-order valence-electron chi connectivity index (χ4n) is 1.23. The van der Waals surface area contributed by atoms with Crippen LogP contribution in [0, 0.1) is 6.92 Å². The molecule has 5 nitrogen and oxygen atoms in total. The van der Waals surface area contributed by atoms with E-state index in [1.807, 2.05) is 6.92 Å². The summed E-state index contributed by atoms with van der Waals surface area (Å²) in [6.07, 6.45) is 1.03. The smallest absolute Gasteiger partial charge is 0.293 e. The Morgan fingerprint density at radius 3 is 2.38 bits per heavy atom. The Balaban J connectivity index is 2.51. The molecular formula is C10H10N2O3S. The van der Waals surface area contributed by atoms with Crippen LogP contribution in [0.4, 0.5) is 6.01 Å². The van der Waals surface area contributed by atoms with E-state index in [0.717, 1.165) is 11.8 Å². The average molecular weight is 238 g/mol. The maximum atomic E-state index is 12.0. The van der Waals surface area contributed by atoms with E-state index in [4.69, 9.17) is 5.73 Å². The first-order valence-corrected chi connectivity index (χ1v) is 6.01. The van der Waals surface area contributed by atoms with Crippen molar-refractivity contribution in [1.82, 2.24) is 4.98 Å². The van der Waals surface area contributed by atoms with Crippen LogP contribution in [0.1, 0.15) is 5.56 Å². The summed E-state index contributed by atoms with van der Waals surface area (Å²) in [6.45, 7) is 1.88. The Kier molecular flexibility index (Phi) is 2.43. The van der Waals surface area contributed by atoms with Crippen LogP contribution in [-0.4, -0.2) is 13.4 Å². The molecule has 2 rings (SSSR count). The lowest BCUT2D eigenvalue weighted by molar-refractivity contribution is 0.570. The van der Waals surface area contributed by atoms with Crippen LogP contribution in [0.3, 0.4) is 0 Å². The molecule has 0 amide bonds. The molecule has 0 atom stereocenters. The minimum Gasteiger partial charge on any atom is -0.431 e. The van der Waals surface area contributed by atoms with Gasteiger partial charge in [-0.25, -0.2) is 8.42 Å². The van der Waals surface area contributed by atoms with Crippen molar-refractivity contribution >= 4 is 15.9 Å². The van der Waals surface area contributed by atoms with E-state index in [-0.39, 0.29) is 15.9 Å². The number of aryl methyl sites for hydroxylation is 1. The van der Waals surface area contributed by atoms with Crippen molar-refractivity contribution in [2.24, 2.45) is 0 Å². The van der Waals surface area contributed by atoms with Crippen molar-refractivity contribution in [3.8, 4) is 0 Å². The van der Waals surface area contributed by atoms with Crippen LogP contribution < -0.4 is 5.73 Å². The fraction of sp³-hybridized carbons (Fsp3) is 0.100. The molecule has 0 saturated carbocycles. The Morgan fingerprint density at radius 1 is 1.25 bits per heavy atom. The Morgan fingerprint density at radius 2 is 1.88 bits per heavy atom. The van der Waals surface area contributed by atoms with Crippen LogP contribution in [0.2, 0.25) is 0 Å². The summed E-state index contributed by atoms with van der Waals surface area (Å²) in [5, 5.41) is -0.172. The second-order valence-electron chi connectivity index (χ2n) is 3.34. The molecule has 6 heteroatoms. The highest BCUT2D eigenvalue weighted by Crippen LogP contribution is 2.20. The molecule has 0 bridgehead atoms. The summed E-state index contributed by atoms with van der Waals surface area (Å²) in [6, 6.07) is 6.32. The summed E-state index contributed by atoms with van der Waals surface area (Å²) in [5.41, 5.74) is 6.22. The van der Waals surface area contributed by atoms with Gasteiger partial charge in [0.1, 0.15) is 6.26 Å². The number of benzene rings is 1. The number of nitrogens with two attached hydrogens (primary N) is 1. The van der Waals surface area contributed by atoms with Gasteiger partial charge in [0.05, 0.1) is 4.90 Å². The average Bonchev–Trinajstić information content (AvgIpc) is 2.66. The predicted molar refractivity (Wildman–Crippen MR) is 57.5 cm³/mol. The van der Waals surface area contributed by atoms with E-state index in [1.54, 1.807) is 12.1 Å². The van der Waals surface area contributed by atoms with E-state index < -0.39 is 9.84 Å². The fourth-order valence-corrected chi connectivity index (χ4v) is 2.35. The first-order chi connectivity index (χ1) is 7.50. The normalized spacial score (nSPS) is 11.6. The number of nitrogen functional groups attached to an aromatic ring is 1. The molecule has 0 aliphatic carbocycles. The number of oxazole rings is 1. The molecule has 0 unspecified atom stereocenters. The molecule has 16 heavy (non-hydrogen) atoms. The topological polar surface area (TPSA) is 86.2 Å². The van der Waals surface area contributed by atoms with Gasteiger partial charge < -0.3 is 10.2 Å². The molecule has 0 saturated heterocycles. The molecule has 2 aromatic rings. The van der Waals surface area contributed by atoms with Gasteiger partial charge in [-0.3, -0.25) is 0 Å². The molecule has 0 aliphatic rings. The first-order valence-electron chi connectivity index (χ1n) is 4.53. The van der Waals surface area contributed by atoms with E-state index in [9.17, 15) is 8.42 Å². The van der Waals surface area contributed by atoms with Gasteiger partial charge in [-0.1, -0.05) is 17.7 Å². The van der Waals surface area contributed by atoms with Gasteiger partial charge in [0.2, 0.25) is 14.9 Å². The van der Waals surface area contributed by atoms with Crippen molar-refractivity contribution in [3.63, 3.8) is 0 Å². The number of nitrogens with zero attached hydrogens (tertiary/aromatic N) is 1. The number of anilines is 1. The molecule has 1 aromatic heterocycles. The molecular weight excluding hydrogens is 228 g/mol. The van der Waals surface area contributed by atoms with Crippen molar-refractivity contribution < 1.29 is 12.8 Å². The Labute approximate surface area is 92.8 Å². The molecule has 0 aliphatic heterocycles. The minimum absolute atomic E-state index is 0.161. The molecule has 84 valence electrons. The third kappa shape index (κ3) is 1.79. The van der Waals surface area contributed by atoms with Crippen LogP contribution >= 0.6 is 0 Å². The summed E-state index contributed by atoms with van der Waals surface area (Å²) >= 11 is 0. The number of hydrogen-bond donors (Lipinski definition) is 1. The van der Waals surface area contributed by atoms with Crippen molar-refractivity contribution in [3.05, 3.63) is 36.1 Å². The van der Waals surface area contributed by atoms with Crippen LogP contribution in [0.25, 0.3) is 0 Å². The minimum atomic E-state index is -3.62. The summed E-state index contributed by atoms with van der Waals surface area (Å²) in [7, 11) is -3.62. The van der Waals surface area contributed by atoms with E-state index in [0.29, 0.717) is 0 Å². The van der Waals surface area contributed by atoms with Gasteiger partial charge >= 0.3 is 0 Å². The molecule has 0 fully saturated rings. The van der Waals surface area contributed by atoms with Gasteiger partial charge in [0, 0.05) is 0 Å². The van der Waals surface area contributed by atoms with Crippen molar-refractivity contribution in [1.29, 1.82) is 0 Å². The third-order valence-corrected chi connectivity index (χ3v) is 3.74. The Hall–Kier alpha value is -1.82. The Bertz CT molecular complexity index is 599. The quantitative estimate of drug-likeness (QED) is 0.854. The second-order valence-corrected chi connectivity index (χ2v) is 5.24. The van der Waals surface area contributed by atoms with Crippen LogP contribution in [0.15, 0.2) is 44.9 Å². The standard InChI is InChI=1S/C10H10N2O3S/c1-7-2-4-8(5-3-7)16(13,14)9-6-15-10(11)12-9/h2-6H,1H3,(H2,11,12). The van der Waals surface area contributed by atoms with Crippen molar-refractivity contribution in [2.45, 2.75) is 16.8 Å². The van der Waals surface area contributed by atoms with E-state index >= 15 is 0 Å². The molecule has 1 aromatic carbocycles. The SMILES string of the molecule is Cc1ccc(S(=O)(=O)c2coc(N)n2)cc1. The van der Waals surface area contributed by atoms with Gasteiger partial charge in [-0.2, -0.15) is 4.98 Å². The van der Waals surface area contributed by atoms with Crippen LogP contribution in [0.5, 0.6) is 0 Å². The number of hydrogen-bond acceptors (Lipinski definition) is 5. The summed E-state index contributed by atoms with van der Waals surface area (Å²) in [4.78, 5) is 3.78.